The van der Waals surface area contributed by atoms with Crippen LogP contribution in [-0.2, 0) is 4.74 Å². The molecule has 5 heteroatoms. The molecular weight excluding hydrogens is 326 g/mol. The van der Waals surface area contributed by atoms with Crippen LogP contribution in [0.3, 0.4) is 0 Å². The summed E-state index contributed by atoms with van der Waals surface area (Å²) in [6.45, 7) is 5.79. The van der Waals surface area contributed by atoms with Gasteiger partial charge in [0.15, 0.2) is 9.61 Å². The average Bonchev–Trinajstić information content (AvgIpc) is 2.79. The molecule has 0 aliphatic carbocycles. The van der Waals surface area contributed by atoms with E-state index in [9.17, 15) is 4.79 Å². The van der Waals surface area contributed by atoms with Gasteiger partial charge in [0.25, 0.3) is 0 Å². The number of carbonyl (C=O) groups excluding carboxylic acids is 1. The average molecular weight is 342 g/mol. The van der Waals surface area contributed by atoms with Gasteiger partial charge in [0.05, 0.1) is 12.0 Å². The Bertz CT molecular complexity index is 518. The summed E-state index contributed by atoms with van der Waals surface area (Å²) in [5, 5.41) is 0. The van der Waals surface area contributed by atoms with Crippen molar-refractivity contribution in [2.45, 2.75) is 19.8 Å². The summed E-state index contributed by atoms with van der Waals surface area (Å²) >= 11 is 4.73. The van der Waals surface area contributed by atoms with Crippen molar-refractivity contribution < 1.29 is 9.53 Å². The van der Waals surface area contributed by atoms with Crippen LogP contribution < -0.4 is 0 Å². The Morgan fingerprint density at radius 1 is 1.53 bits per heavy atom. The predicted molar refractivity (Wildman–Crippen MR) is 83.4 cm³/mol. The number of rotatable bonds is 6. The van der Waals surface area contributed by atoms with E-state index in [1.165, 1.54) is 18.4 Å². The molecule has 1 aromatic heterocycles. The normalized spacial score (nSPS) is 11.8. The van der Waals surface area contributed by atoms with Gasteiger partial charge in [-0.05, 0) is 34.3 Å². The number of allylic oxidation sites excluding steroid dienone is 5. The minimum absolute atomic E-state index is 0.345. The molecule has 0 amide bonds. The number of methoxy groups -OCH3 is 1. The standard InChI is InChI=1S/C14H16BrNO2S/c1-4-6-7-9-10(8-5-2)12-11(13(17)18-3)16-14(15)19-12/h5-8H,2,4,9H2,1,3H3/b7-6-,10-8+. The molecule has 0 saturated carbocycles. The maximum absolute atomic E-state index is 11.7. The minimum Gasteiger partial charge on any atom is -0.464 e. The number of halogens is 1. The summed E-state index contributed by atoms with van der Waals surface area (Å²) in [5.41, 5.74) is 1.35. The number of ether oxygens (including phenoxy) is 1. The Morgan fingerprint density at radius 3 is 2.84 bits per heavy atom. The summed E-state index contributed by atoms with van der Waals surface area (Å²) in [6.07, 6.45) is 9.49. The summed E-state index contributed by atoms with van der Waals surface area (Å²) in [4.78, 5) is 16.7. The first kappa shape index (κ1) is 15.9. The van der Waals surface area contributed by atoms with E-state index in [0.717, 1.165) is 23.3 Å². The molecule has 1 rings (SSSR count). The zero-order valence-electron chi connectivity index (χ0n) is 11.0. The van der Waals surface area contributed by atoms with Crippen LogP contribution in [0.5, 0.6) is 0 Å². The molecule has 19 heavy (non-hydrogen) atoms. The van der Waals surface area contributed by atoms with Gasteiger partial charge in [0.1, 0.15) is 0 Å². The molecule has 0 atom stereocenters. The zero-order chi connectivity index (χ0) is 14.3. The van der Waals surface area contributed by atoms with E-state index in [1.807, 2.05) is 6.08 Å². The van der Waals surface area contributed by atoms with Gasteiger partial charge in [0, 0.05) is 0 Å². The summed E-state index contributed by atoms with van der Waals surface area (Å²) in [7, 11) is 1.35. The molecule has 1 heterocycles. The molecule has 0 aromatic carbocycles. The zero-order valence-corrected chi connectivity index (χ0v) is 13.4. The molecule has 0 saturated heterocycles. The quantitative estimate of drug-likeness (QED) is 0.430. The molecule has 0 aliphatic rings. The Kier molecular flexibility index (Phi) is 6.73. The van der Waals surface area contributed by atoms with E-state index in [1.54, 1.807) is 6.08 Å². The first-order chi connectivity index (χ1) is 9.13. The second kappa shape index (κ2) is 8.07. The molecular formula is C14H16BrNO2S. The third-order valence-corrected chi connectivity index (χ3v) is 3.91. The fraction of sp³-hybridized carbons (Fsp3) is 0.286. The Hall–Kier alpha value is -1.20. The van der Waals surface area contributed by atoms with Crippen LogP contribution in [0, 0.1) is 0 Å². The molecule has 1 aromatic rings. The monoisotopic (exact) mass is 341 g/mol. The molecule has 102 valence electrons. The van der Waals surface area contributed by atoms with Gasteiger partial charge in [-0.15, -0.1) is 11.3 Å². The van der Waals surface area contributed by atoms with Crippen molar-refractivity contribution in [1.82, 2.24) is 4.98 Å². The van der Waals surface area contributed by atoms with Crippen LogP contribution in [0.2, 0.25) is 0 Å². The summed E-state index contributed by atoms with van der Waals surface area (Å²) < 4.78 is 5.42. The third-order valence-electron chi connectivity index (χ3n) is 2.33. The lowest BCUT2D eigenvalue weighted by atomic mass is 10.1. The van der Waals surface area contributed by atoms with Gasteiger partial charge in [0.2, 0.25) is 0 Å². The van der Waals surface area contributed by atoms with Crippen molar-refractivity contribution in [3.8, 4) is 0 Å². The SMILES string of the molecule is C=C/C=C(\C/C=C\CC)c1sc(Br)nc1C(=O)OC. The van der Waals surface area contributed by atoms with E-state index in [4.69, 9.17) is 4.74 Å². The lowest BCUT2D eigenvalue weighted by molar-refractivity contribution is 0.0594. The van der Waals surface area contributed by atoms with Gasteiger partial charge in [-0.2, -0.15) is 0 Å². The Balaban J connectivity index is 3.15. The smallest absolute Gasteiger partial charge is 0.358 e. The number of hydrogen-bond donors (Lipinski definition) is 0. The van der Waals surface area contributed by atoms with Crippen molar-refractivity contribution in [1.29, 1.82) is 0 Å². The van der Waals surface area contributed by atoms with E-state index < -0.39 is 5.97 Å². The van der Waals surface area contributed by atoms with Gasteiger partial charge >= 0.3 is 5.97 Å². The largest absolute Gasteiger partial charge is 0.464 e. The van der Waals surface area contributed by atoms with Crippen LogP contribution >= 0.6 is 27.3 Å². The van der Waals surface area contributed by atoms with Crippen molar-refractivity contribution in [2.75, 3.05) is 7.11 Å². The van der Waals surface area contributed by atoms with E-state index in [2.05, 4.69) is 46.6 Å². The predicted octanol–water partition coefficient (Wildman–Crippen LogP) is 4.62. The van der Waals surface area contributed by atoms with Crippen LogP contribution in [0.25, 0.3) is 5.57 Å². The van der Waals surface area contributed by atoms with Crippen LogP contribution in [0.15, 0.2) is 34.8 Å². The van der Waals surface area contributed by atoms with Crippen LogP contribution in [-0.4, -0.2) is 18.1 Å². The lowest BCUT2D eigenvalue weighted by Crippen LogP contribution is -2.04. The van der Waals surface area contributed by atoms with Gasteiger partial charge in [-0.25, -0.2) is 9.78 Å². The highest BCUT2D eigenvalue weighted by Crippen LogP contribution is 2.32. The lowest BCUT2D eigenvalue weighted by Gasteiger charge is -2.03. The number of thiazole rings is 1. The molecule has 0 spiro atoms. The first-order valence-electron chi connectivity index (χ1n) is 5.85. The minimum atomic E-state index is -0.425. The highest BCUT2D eigenvalue weighted by molar-refractivity contribution is 9.11. The Morgan fingerprint density at radius 2 is 2.26 bits per heavy atom. The van der Waals surface area contributed by atoms with Gasteiger partial charge in [-0.3, -0.25) is 0 Å². The van der Waals surface area contributed by atoms with Crippen molar-refractivity contribution in [3.05, 3.63) is 45.4 Å². The first-order valence-corrected chi connectivity index (χ1v) is 7.46. The fourth-order valence-corrected chi connectivity index (χ4v) is 2.98. The maximum atomic E-state index is 11.7. The van der Waals surface area contributed by atoms with E-state index in [-0.39, 0.29) is 0 Å². The number of hydrogen-bond acceptors (Lipinski definition) is 4. The molecule has 0 bridgehead atoms. The highest BCUT2D eigenvalue weighted by Gasteiger charge is 2.20. The topological polar surface area (TPSA) is 39.2 Å². The second-order valence-electron chi connectivity index (χ2n) is 3.65. The van der Waals surface area contributed by atoms with Crippen molar-refractivity contribution >= 4 is 38.8 Å². The third kappa shape index (κ3) is 4.44. The number of nitrogens with zero attached hydrogens (tertiary/aromatic N) is 1. The summed E-state index contributed by atoms with van der Waals surface area (Å²) in [6, 6.07) is 0. The number of esters is 1. The molecule has 0 unspecified atom stereocenters. The van der Waals surface area contributed by atoms with Gasteiger partial charge < -0.3 is 4.74 Å². The number of carbonyl (C=O) groups is 1. The van der Waals surface area contributed by atoms with Crippen LogP contribution in [0.4, 0.5) is 0 Å². The second-order valence-corrected chi connectivity index (χ2v) is 5.92. The van der Waals surface area contributed by atoms with Gasteiger partial charge in [-0.1, -0.05) is 37.8 Å². The fourth-order valence-electron chi connectivity index (χ4n) is 1.50. The summed E-state index contributed by atoms with van der Waals surface area (Å²) in [5.74, 6) is -0.425. The van der Waals surface area contributed by atoms with Crippen LogP contribution in [0.1, 0.15) is 35.1 Å². The maximum Gasteiger partial charge on any atom is 0.358 e. The van der Waals surface area contributed by atoms with E-state index in [0.29, 0.717) is 9.61 Å². The molecule has 0 N–H and O–H groups in total. The molecule has 0 radical (unpaired) electrons. The number of aromatic nitrogens is 1. The van der Waals surface area contributed by atoms with Crippen molar-refractivity contribution in [2.24, 2.45) is 0 Å². The molecule has 3 nitrogen and oxygen atoms in total. The molecule has 0 aliphatic heterocycles. The Labute approximate surface area is 125 Å². The molecule has 0 fully saturated rings. The highest BCUT2D eigenvalue weighted by atomic mass is 79.9. The van der Waals surface area contributed by atoms with E-state index >= 15 is 0 Å². The van der Waals surface area contributed by atoms with Crippen molar-refractivity contribution in [3.63, 3.8) is 0 Å².